The van der Waals surface area contributed by atoms with E-state index >= 15 is 0 Å². The standard InChI is InChI=1S/C8H16.3C8H14.C5H12.C5H10/c4*1-3-8-6-4-5-7(8)2;2*1-3-5-4-2/h7-8H,3-6H2,1-2H3;3-6H2,1-2H3;6-7H,3-5H2,1-2H3;5,8H,3-4,6H2,1-2H3;3-5H2,1-2H3;3,5H,4H2,1-2H3. The molecule has 0 amide bonds. The van der Waals surface area contributed by atoms with Crippen LogP contribution in [0.5, 0.6) is 0 Å². The molecule has 0 aliphatic heterocycles. The van der Waals surface area contributed by atoms with Crippen LogP contribution in [0.3, 0.4) is 0 Å². The van der Waals surface area contributed by atoms with E-state index in [1.807, 2.05) is 6.92 Å². The molecular weight excluding hydrogens is 504 g/mol. The minimum absolute atomic E-state index is 0.889. The van der Waals surface area contributed by atoms with Crippen LogP contribution in [0.1, 0.15) is 199 Å². The molecule has 0 spiro atoms. The summed E-state index contributed by atoms with van der Waals surface area (Å²) in [6, 6.07) is 0. The van der Waals surface area contributed by atoms with Crippen LogP contribution in [0.2, 0.25) is 0 Å². The first kappa shape index (κ1) is 43.1. The molecule has 248 valence electrons. The molecule has 0 nitrogen and oxygen atoms in total. The van der Waals surface area contributed by atoms with Crippen LogP contribution in [-0.4, -0.2) is 0 Å². The topological polar surface area (TPSA) is 0 Å². The van der Waals surface area contributed by atoms with Crippen LogP contribution >= 0.6 is 0 Å². The van der Waals surface area contributed by atoms with Crippen molar-refractivity contribution in [3.05, 3.63) is 46.6 Å². The highest BCUT2D eigenvalue weighted by Gasteiger charge is 2.20. The van der Waals surface area contributed by atoms with E-state index in [9.17, 15) is 0 Å². The average molecular weight is 585 g/mol. The highest BCUT2D eigenvalue weighted by molar-refractivity contribution is 5.16. The lowest BCUT2D eigenvalue weighted by Crippen LogP contribution is -2.00. The Kier molecular flexibility index (Phi) is 30.8. The molecule has 0 heterocycles. The van der Waals surface area contributed by atoms with Crippen molar-refractivity contribution in [1.29, 1.82) is 0 Å². The van der Waals surface area contributed by atoms with Crippen molar-refractivity contribution in [3.8, 4) is 0 Å². The van der Waals surface area contributed by atoms with E-state index in [0.717, 1.165) is 30.1 Å². The third-order valence-corrected chi connectivity index (χ3v) is 9.97. The van der Waals surface area contributed by atoms with E-state index in [4.69, 9.17) is 0 Å². The second kappa shape index (κ2) is 30.0. The van der Waals surface area contributed by atoms with E-state index in [0.29, 0.717) is 0 Å². The first-order valence-electron chi connectivity index (χ1n) is 18.8. The number of unbranched alkanes of at least 4 members (excludes halogenated alkanes) is 2. The summed E-state index contributed by atoms with van der Waals surface area (Å²) in [5.41, 5.74) is 6.66. The van der Waals surface area contributed by atoms with Gasteiger partial charge in [-0.3, -0.25) is 0 Å². The van der Waals surface area contributed by atoms with Gasteiger partial charge in [0.1, 0.15) is 0 Å². The minimum atomic E-state index is 0.889. The summed E-state index contributed by atoms with van der Waals surface area (Å²) in [6.07, 6.45) is 33.5. The van der Waals surface area contributed by atoms with Crippen LogP contribution < -0.4 is 0 Å². The Morgan fingerprint density at radius 1 is 0.738 bits per heavy atom. The molecule has 0 aromatic heterocycles. The number of hydrogen-bond donors (Lipinski definition) is 0. The lowest BCUT2D eigenvalue weighted by molar-refractivity contribution is 0.407. The SMILES string of the molecule is CC=CCC.CCC1=C(C)CCC1.CCC1=CCCC1C.CCC1CCC=C1C.CCC1CCCC1C.CCCCC. The summed E-state index contributed by atoms with van der Waals surface area (Å²) in [5.74, 6) is 3.91. The molecule has 0 saturated heterocycles. The van der Waals surface area contributed by atoms with Crippen LogP contribution in [0.25, 0.3) is 0 Å². The average Bonchev–Trinajstić information content (AvgIpc) is 3.80. The smallest absolute Gasteiger partial charge is 0.0206 e. The zero-order valence-electron chi connectivity index (χ0n) is 31.3. The first-order chi connectivity index (χ1) is 20.2. The maximum absolute atomic E-state index is 2.39. The lowest BCUT2D eigenvalue weighted by Gasteiger charge is -2.10. The van der Waals surface area contributed by atoms with E-state index < -0.39 is 0 Å². The Morgan fingerprint density at radius 3 is 1.60 bits per heavy atom. The van der Waals surface area contributed by atoms with Gasteiger partial charge in [-0.2, -0.15) is 0 Å². The molecule has 4 unspecified atom stereocenters. The van der Waals surface area contributed by atoms with E-state index in [2.05, 4.69) is 100 Å². The fourth-order valence-corrected chi connectivity index (χ4v) is 6.68. The van der Waals surface area contributed by atoms with Crippen molar-refractivity contribution < 1.29 is 0 Å². The molecule has 0 aromatic rings. The van der Waals surface area contributed by atoms with Gasteiger partial charge in [0, 0.05) is 0 Å². The zero-order chi connectivity index (χ0) is 32.2. The van der Waals surface area contributed by atoms with Crippen molar-refractivity contribution >= 4 is 0 Å². The van der Waals surface area contributed by atoms with Gasteiger partial charge in [-0.25, -0.2) is 0 Å². The molecule has 1 fully saturated rings. The van der Waals surface area contributed by atoms with Crippen molar-refractivity contribution in [3.63, 3.8) is 0 Å². The quantitative estimate of drug-likeness (QED) is 0.261. The Hall–Kier alpha value is -1.04. The second-order valence-electron chi connectivity index (χ2n) is 13.2. The van der Waals surface area contributed by atoms with Crippen molar-refractivity contribution in [2.24, 2.45) is 23.7 Å². The maximum Gasteiger partial charge on any atom is -0.0206 e. The molecule has 1 saturated carbocycles. The summed E-state index contributed by atoms with van der Waals surface area (Å²) < 4.78 is 0. The Bertz CT molecular complexity index is 712. The van der Waals surface area contributed by atoms with Gasteiger partial charge in [0.05, 0.1) is 0 Å². The Labute approximate surface area is 268 Å². The molecule has 0 bridgehead atoms. The second-order valence-corrected chi connectivity index (χ2v) is 13.2. The van der Waals surface area contributed by atoms with Gasteiger partial charge in [0.15, 0.2) is 0 Å². The van der Waals surface area contributed by atoms with Crippen LogP contribution in [0, 0.1) is 23.7 Å². The van der Waals surface area contributed by atoms with Gasteiger partial charge in [-0.05, 0) is 115 Å². The lowest BCUT2D eigenvalue weighted by atomic mass is 9.96. The fraction of sp³-hybridized carbons (Fsp3) is 0.810. The normalized spacial score (nSPS) is 24.1. The third kappa shape index (κ3) is 21.6. The highest BCUT2D eigenvalue weighted by atomic mass is 14.3. The minimum Gasteiger partial charge on any atom is -0.0917 e. The molecule has 4 atom stereocenters. The number of allylic oxidation sites excluding steroid dienone is 8. The van der Waals surface area contributed by atoms with E-state index in [1.54, 1.807) is 22.3 Å². The molecule has 0 aromatic carbocycles. The van der Waals surface area contributed by atoms with Crippen molar-refractivity contribution in [1.82, 2.24) is 0 Å². The van der Waals surface area contributed by atoms with Gasteiger partial charge < -0.3 is 0 Å². The molecule has 42 heavy (non-hydrogen) atoms. The summed E-state index contributed by atoms with van der Waals surface area (Å²) in [4.78, 5) is 0. The van der Waals surface area contributed by atoms with Gasteiger partial charge in [-0.15, -0.1) is 0 Å². The molecule has 0 radical (unpaired) electrons. The van der Waals surface area contributed by atoms with Gasteiger partial charge in [-0.1, -0.05) is 154 Å². The maximum atomic E-state index is 2.39. The third-order valence-electron chi connectivity index (χ3n) is 9.97. The molecule has 0 N–H and O–H groups in total. The summed E-state index contributed by atoms with van der Waals surface area (Å²) in [7, 11) is 0. The molecule has 4 aliphatic carbocycles. The largest absolute Gasteiger partial charge is 0.0917 e. The zero-order valence-corrected chi connectivity index (χ0v) is 31.3. The predicted octanol–water partition coefficient (Wildman–Crippen LogP) is 15.4. The molecule has 4 rings (SSSR count). The summed E-state index contributed by atoms with van der Waals surface area (Å²) >= 11 is 0. The summed E-state index contributed by atoms with van der Waals surface area (Å²) in [5, 5.41) is 0. The van der Waals surface area contributed by atoms with Gasteiger partial charge in [0.2, 0.25) is 0 Å². The van der Waals surface area contributed by atoms with Gasteiger partial charge >= 0.3 is 0 Å². The first-order valence-corrected chi connectivity index (χ1v) is 18.8. The molecule has 4 aliphatic rings. The van der Waals surface area contributed by atoms with Crippen molar-refractivity contribution in [2.75, 3.05) is 0 Å². The monoisotopic (exact) mass is 585 g/mol. The Morgan fingerprint density at radius 2 is 1.40 bits per heavy atom. The van der Waals surface area contributed by atoms with Gasteiger partial charge in [0.25, 0.3) is 0 Å². The molecular formula is C42H80. The summed E-state index contributed by atoms with van der Waals surface area (Å²) in [6.45, 7) is 26.9. The van der Waals surface area contributed by atoms with Crippen LogP contribution in [0.15, 0.2) is 46.6 Å². The predicted molar refractivity (Wildman–Crippen MR) is 197 cm³/mol. The van der Waals surface area contributed by atoms with Crippen LogP contribution in [-0.2, 0) is 0 Å². The Balaban J connectivity index is 0. The van der Waals surface area contributed by atoms with Crippen LogP contribution in [0.4, 0.5) is 0 Å². The van der Waals surface area contributed by atoms with Crippen molar-refractivity contribution in [2.45, 2.75) is 199 Å². The number of hydrogen-bond acceptors (Lipinski definition) is 0. The van der Waals surface area contributed by atoms with E-state index in [1.165, 1.54) is 109 Å². The van der Waals surface area contributed by atoms with E-state index in [-0.39, 0.29) is 0 Å². The number of rotatable bonds is 7. The molecule has 0 heteroatoms. The fourth-order valence-electron chi connectivity index (χ4n) is 6.68. The highest BCUT2D eigenvalue weighted by Crippen LogP contribution is 2.33.